The largest absolute Gasteiger partial charge is 0.403 e. The number of carbonyl (C=O) groups excluding carboxylic acids is 1. The van der Waals surface area contributed by atoms with Gasteiger partial charge in [0, 0.05) is 25.1 Å². The summed E-state index contributed by atoms with van der Waals surface area (Å²) < 4.78 is 33.3. The number of hydrogen-bond donors (Lipinski definition) is 1. The summed E-state index contributed by atoms with van der Waals surface area (Å²) in [6.45, 7) is 2.14. The highest BCUT2D eigenvalue weighted by Gasteiger charge is 2.64. The number of nitrogens with zero attached hydrogens (tertiary/aromatic N) is 3. The number of halogens is 2. The van der Waals surface area contributed by atoms with Gasteiger partial charge in [-0.3, -0.25) is 4.79 Å². The van der Waals surface area contributed by atoms with E-state index in [-0.39, 0.29) is 24.9 Å². The number of benzene rings is 1. The number of nitrogens with one attached hydrogen (secondary N) is 1. The number of likely N-dealkylation sites (tertiary alicyclic amines) is 1. The predicted octanol–water partition coefficient (Wildman–Crippen LogP) is 3.18. The zero-order valence-electron chi connectivity index (χ0n) is 14.4. The van der Waals surface area contributed by atoms with Crippen LogP contribution >= 0.6 is 0 Å². The van der Waals surface area contributed by atoms with E-state index in [4.69, 9.17) is 4.42 Å². The second-order valence-corrected chi connectivity index (χ2v) is 7.14. The molecule has 2 atom stereocenters. The maximum absolute atomic E-state index is 13.9. The summed E-state index contributed by atoms with van der Waals surface area (Å²) in [5.74, 6) is -2.54. The Morgan fingerprint density at radius 2 is 2.00 bits per heavy atom. The first-order chi connectivity index (χ1) is 12.4. The summed E-state index contributed by atoms with van der Waals surface area (Å²) >= 11 is 0. The second-order valence-electron chi connectivity index (χ2n) is 7.14. The average molecular weight is 362 g/mol. The molecule has 1 aliphatic carbocycles. The molecular formula is C18H20F2N4O2. The Bertz CT molecular complexity index is 811. The fourth-order valence-corrected chi connectivity index (χ4v) is 3.73. The summed E-state index contributed by atoms with van der Waals surface area (Å²) in [5.41, 5.74) is -0.242. The smallest absolute Gasteiger partial charge is 0.316 e. The summed E-state index contributed by atoms with van der Waals surface area (Å²) in [7, 11) is 0. The average Bonchev–Trinajstić information content (AvgIpc) is 3.29. The maximum Gasteiger partial charge on any atom is 0.316 e. The quantitative estimate of drug-likeness (QED) is 0.904. The molecule has 1 spiro atoms. The van der Waals surface area contributed by atoms with E-state index in [0.29, 0.717) is 25.3 Å². The molecule has 2 heterocycles. The van der Waals surface area contributed by atoms with E-state index in [0.717, 1.165) is 5.56 Å². The van der Waals surface area contributed by atoms with Crippen molar-refractivity contribution >= 4 is 11.9 Å². The highest BCUT2D eigenvalue weighted by atomic mass is 19.3. The number of anilines is 1. The summed E-state index contributed by atoms with van der Waals surface area (Å²) in [5, 5.41) is 10.7. The summed E-state index contributed by atoms with van der Waals surface area (Å²) in [6, 6.07) is 8.78. The zero-order valence-corrected chi connectivity index (χ0v) is 14.4. The van der Waals surface area contributed by atoms with Crippen LogP contribution in [0.15, 0.2) is 34.7 Å². The fourth-order valence-electron chi connectivity index (χ4n) is 3.73. The van der Waals surface area contributed by atoms with Crippen LogP contribution in [0.1, 0.15) is 26.2 Å². The molecule has 1 N–H and O–H groups in total. The lowest BCUT2D eigenvalue weighted by atomic mass is 9.64. The molecule has 4 rings (SSSR count). The Morgan fingerprint density at radius 1 is 1.23 bits per heavy atom. The van der Waals surface area contributed by atoms with Gasteiger partial charge in [-0.05, 0) is 31.9 Å². The molecular weight excluding hydrogens is 342 g/mol. The van der Waals surface area contributed by atoms with Gasteiger partial charge in [0.25, 0.3) is 5.92 Å². The molecule has 26 heavy (non-hydrogen) atoms. The Labute approximate surface area is 149 Å². The highest BCUT2D eigenvalue weighted by molar-refractivity contribution is 5.84. The van der Waals surface area contributed by atoms with Gasteiger partial charge in [-0.1, -0.05) is 23.3 Å². The summed E-state index contributed by atoms with van der Waals surface area (Å²) in [6.07, 6.45) is 0.764. The third kappa shape index (κ3) is 2.73. The van der Waals surface area contributed by atoms with E-state index >= 15 is 0 Å². The van der Waals surface area contributed by atoms with E-state index in [9.17, 15) is 13.6 Å². The Kier molecular flexibility index (Phi) is 3.93. The second kappa shape index (κ2) is 6.03. The number of carbonyl (C=O) groups is 1. The van der Waals surface area contributed by atoms with Crippen molar-refractivity contribution in [3.8, 4) is 11.5 Å². The van der Waals surface area contributed by atoms with Gasteiger partial charge in [0.1, 0.15) is 6.04 Å². The van der Waals surface area contributed by atoms with E-state index < -0.39 is 17.4 Å². The van der Waals surface area contributed by atoms with E-state index in [1.165, 1.54) is 4.90 Å². The van der Waals surface area contributed by atoms with Crippen molar-refractivity contribution in [3.63, 3.8) is 0 Å². The van der Waals surface area contributed by atoms with Crippen molar-refractivity contribution in [2.75, 3.05) is 18.4 Å². The first-order valence-electron chi connectivity index (χ1n) is 8.72. The van der Waals surface area contributed by atoms with Gasteiger partial charge in [-0.2, -0.15) is 0 Å². The van der Waals surface area contributed by atoms with Gasteiger partial charge in [0.2, 0.25) is 11.8 Å². The van der Waals surface area contributed by atoms with Crippen LogP contribution in [0.25, 0.3) is 11.5 Å². The Balaban J connectivity index is 1.39. The minimum absolute atomic E-state index is 0.0763. The van der Waals surface area contributed by atoms with Gasteiger partial charge >= 0.3 is 6.01 Å². The number of amides is 1. The predicted molar refractivity (Wildman–Crippen MR) is 90.6 cm³/mol. The first-order valence-corrected chi connectivity index (χ1v) is 8.72. The zero-order chi connectivity index (χ0) is 18.4. The van der Waals surface area contributed by atoms with Crippen LogP contribution < -0.4 is 5.32 Å². The van der Waals surface area contributed by atoms with E-state index in [1.807, 2.05) is 30.3 Å². The normalized spacial score (nSPS) is 25.1. The van der Waals surface area contributed by atoms with Crippen molar-refractivity contribution in [2.24, 2.45) is 5.41 Å². The molecule has 0 bridgehead atoms. The third-order valence-electron chi connectivity index (χ3n) is 5.52. The molecule has 0 radical (unpaired) electrons. The van der Waals surface area contributed by atoms with E-state index in [2.05, 4.69) is 15.5 Å². The fraction of sp³-hybridized carbons (Fsp3) is 0.500. The van der Waals surface area contributed by atoms with Gasteiger partial charge in [0.05, 0.1) is 5.41 Å². The SMILES string of the molecule is CC(Nc1nnc(-c2ccccc2)o1)C(=O)N1CCC2(CCC2(F)F)C1. The van der Waals surface area contributed by atoms with Crippen LogP contribution in [0, 0.1) is 5.41 Å². The lowest BCUT2D eigenvalue weighted by molar-refractivity contribution is -0.195. The molecule has 138 valence electrons. The topological polar surface area (TPSA) is 71.3 Å². The van der Waals surface area contributed by atoms with Crippen LogP contribution in [-0.2, 0) is 4.79 Å². The van der Waals surface area contributed by atoms with Gasteiger partial charge in [-0.15, -0.1) is 5.10 Å². The molecule has 1 amide bonds. The molecule has 1 saturated carbocycles. The van der Waals surface area contributed by atoms with Crippen molar-refractivity contribution < 1.29 is 18.0 Å². The van der Waals surface area contributed by atoms with Crippen LogP contribution in [0.4, 0.5) is 14.8 Å². The van der Waals surface area contributed by atoms with E-state index in [1.54, 1.807) is 6.92 Å². The van der Waals surface area contributed by atoms with Crippen LogP contribution in [-0.4, -0.2) is 46.1 Å². The summed E-state index contributed by atoms with van der Waals surface area (Å²) in [4.78, 5) is 14.1. The lowest BCUT2D eigenvalue weighted by Gasteiger charge is -2.46. The van der Waals surface area contributed by atoms with Crippen molar-refractivity contribution in [1.82, 2.24) is 15.1 Å². The van der Waals surface area contributed by atoms with Crippen LogP contribution in [0.5, 0.6) is 0 Å². The van der Waals surface area contributed by atoms with Crippen LogP contribution in [0.3, 0.4) is 0 Å². The highest BCUT2D eigenvalue weighted by Crippen LogP contribution is 2.58. The third-order valence-corrected chi connectivity index (χ3v) is 5.52. The molecule has 1 aromatic heterocycles. The molecule has 2 unspecified atom stereocenters. The van der Waals surface area contributed by atoms with Crippen LogP contribution in [0.2, 0.25) is 0 Å². The molecule has 6 nitrogen and oxygen atoms in total. The first kappa shape index (κ1) is 16.9. The Morgan fingerprint density at radius 3 is 2.62 bits per heavy atom. The molecule has 2 fully saturated rings. The van der Waals surface area contributed by atoms with Gasteiger partial charge in [-0.25, -0.2) is 8.78 Å². The number of rotatable bonds is 4. The Hall–Kier alpha value is -2.51. The molecule has 1 aliphatic heterocycles. The standard InChI is InChI=1S/C18H20F2N4O2/c1-12(15(25)24-10-9-17(11-24)7-8-18(17,19)20)21-16-23-22-14(26-16)13-5-3-2-4-6-13/h2-6,12H,7-11H2,1H3,(H,21,23). The molecule has 2 aliphatic rings. The number of aromatic nitrogens is 2. The number of alkyl halides is 2. The number of hydrogen-bond acceptors (Lipinski definition) is 5. The monoisotopic (exact) mass is 362 g/mol. The molecule has 2 aromatic rings. The van der Waals surface area contributed by atoms with Gasteiger partial charge < -0.3 is 14.6 Å². The van der Waals surface area contributed by atoms with Crippen molar-refractivity contribution in [3.05, 3.63) is 30.3 Å². The maximum atomic E-state index is 13.9. The van der Waals surface area contributed by atoms with Crippen molar-refractivity contribution in [2.45, 2.75) is 38.2 Å². The minimum atomic E-state index is -2.66. The van der Waals surface area contributed by atoms with Crippen molar-refractivity contribution in [1.29, 1.82) is 0 Å². The van der Waals surface area contributed by atoms with Gasteiger partial charge in [0.15, 0.2) is 0 Å². The minimum Gasteiger partial charge on any atom is -0.403 e. The molecule has 8 heteroatoms. The molecule has 1 saturated heterocycles. The molecule has 1 aromatic carbocycles. The lowest BCUT2D eigenvalue weighted by Crippen LogP contribution is -2.53.